The summed E-state index contributed by atoms with van der Waals surface area (Å²) in [7, 11) is 0. The molecule has 1 aliphatic heterocycles. The van der Waals surface area contributed by atoms with Crippen LogP contribution in [0.15, 0.2) is 42.5 Å². The predicted octanol–water partition coefficient (Wildman–Crippen LogP) is 5.18. The lowest BCUT2D eigenvalue weighted by atomic mass is 10.1. The first-order chi connectivity index (χ1) is 13.6. The van der Waals surface area contributed by atoms with Gasteiger partial charge in [0.15, 0.2) is 0 Å². The number of H-pyrrole nitrogens is 1. The van der Waals surface area contributed by atoms with Gasteiger partial charge in [0.05, 0.1) is 6.42 Å². The second-order valence-corrected chi connectivity index (χ2v) is 7.59. The van der Waals surface area contributed by atoms with Gasteiger partial charge in [0.2, 0.25) is 5.91 Å². The van der Waals surface area contributed by atoms with Crippen LogP contribution < -0.4 is 10.2 Å². The molecule has 1 amide bonds. The van der Waals surface area contributed by atoms with Crippen molar-refractivity contribution < 1.29 is 9.18 Å². The number of benzene rings is 2. The highest BCUT2D eigenvalue weighted by Crippen LogP contribution is 2.25. The molecular weight excluding hydrogens is 353 g/mol. The van der Waals surface area contributed by atoms with Gasteiger partial charge >= 0.3 is 0 Å². The lowest BCUT2D eigenvalue weighted by Gasteiger charge is -2.22. The number of anilines is 2. The van der Waals surface area contributed by atoms with E-state index in [1.807, 2.05) is 19.1 Å². The van der Waals surface area contributed by atoms with Crippen LogP contribution in [0, 0.1) is 12.7 Å². The van der Waals surface area contributed by atoms with Crippen molar-refractivity contribution in [2.24, 2.45) is 0 Å². The molecule has 2 aromatic carbocycles. The van der Waals surface area contributed by atoms with E-state index in [1.165, 1.54) is 43.5 Å². The Morgan fingerprint density at radius 3 is 2.50 bits per heavy atom. The van der Waals surface area contributed by atoms with Gasteiger partial charge in [-0.25, -0.2) is 4.39 Å². The summed E-state index contributed by atoms with van der Waals surface area (Å²) in [5.41, 5.74) is 4.58. The summed E-state index contributed by atoms with van der Waals surface area (Å²) < 4.78 is 13.6. The van der Waals surface area contributed by atoms with Crippen LogP contribution in [0.1, 0.15) is 36.9 Å². The van der Waals surface area contributed by atoms with E-state index in [2.05, 4.69) is 27.3 Å². The zero-order valence-corrected chi connectivity index (χ0v) is 16.2. The first-order valence-corrected chi connectivity index (χ1v) is 10.0. The third-order valence-corrected chi connectivity index (χ3v) is 5.54. The van der Waals surface area contributed by atoms with E-state index >= 15 is 0 Å². The van der Waals surface area contributed by atoms with Crippen molar-refractivity contribution in [1.29, 1.82) is 0 Å². The van der Waals surface area contributed by atoms with Crippen LogP contribution in [-0.2, 0) is 11.2 Å². The monoisotopic (exact) mass is 379 g/mol. The SMILES string of the molecule is Cc1[nH]c2ccc(F)cc2c1CC(=O)Nc1ccc(N2CCCCCC2)cc1. The molecule has 2 N–H and O–H groups in total. The molecule has 0 saturated carbocycles. The van der Waals surface area contributed by atoms with E-state index in [9.17, 15) is 9.18 Å². The average molecular weight is 379 g/mol. The summed E-state index contributed by atoms with van der Waals surface area (Å²) in [5, 5.41) is 3.73. The molecule has 1 fully saturated rings. The molecule has 0 bridgehead atoms. The Bertz CT molecular complexity index is 969. The second-order valence-electron chi connectivity index (χ2n) is 7.59. The fraction of sp³-hybridized carbons (Fsp3) is 0.348. The van der Waals surface area contributed by atoms with E-state index in [1.54, 1.807) is 6.07 Å². The summed E-state index contributed by atoms with van der Waals surface area (Å²) in [6.07, 6.45) is 5.30. The molecule has 28 heavy (non-hydrogen) atoms. The van der Waals surface area contributed by atoms with Crippen LogP contribution >= 0.6 is 0 Å². The molecule has 0 aliphatic carbocycles. The Hall–Kier alpha value is -2.82. The summed E-state index contributed by atoms with van der Waals surface area (Å²) >= 11 is 0. The number of hydrogen-bond donors (Lipinski definition) is 2. The smallest absolute Gasteiger partial charge is 0.228 e. The molecule has 3 aromatic rings. The minimum absolute atomic E-state index is 0.101. The third kappa shape index (κ3) is 4.03. The first kappa shape index (κ1) is 18.5. The molecule has 0 atom stereocenters. The number of carbonyl (C=O) groups is 1. The number of rotatable bonds is 4. The van der Waals surface area contributed by atoms with Crippen LogP contribution in [0.4, 0.5) is 15.8 Å². The number of aryl methyl sites for hydroxylation is 1. The van der Waals surface area contributed by atoms with Gasteiger partial charge in [-0.05, 0) is 67.8 Å². The zero-order chi connectivity index (χ0) is 19.5. The van der Waals surface area contributed by atoms with Gasteiger partial charge in [0, 0.05) is 41.1 Å². The van der Waals surface area contributed by atoms with Gasteiger partial charge in [0.1, 0.15) is 5.82 Å². The van der Waals surface area contributed by atoms with Crippen molar-refractivity contribution in [3.63, 3.8) is 0 Å². The minimum Gasteiger partial charge on any atom is -0.372 e. The maximum Gasteiger partial charge on any atom is 0.228 e. The Labute approximate surface area is 164 Å². The number of nitrogens with one attached hydrogen (secondary N) is 2. The fourth-order valence-electron chi connectivity index (χ4n) is 4.03. The minimum atomic E-state index is -0.294. The van der Waals surface area contributed by atoms with Crippen LogP contribution in [0.2, 0.25) is 0 Å². The quantitative estimate of drug-likeness (QED) is 0.656. The average Bonchev–Trinajstić information content (AvgIpc) is 2.87. The van der Waals surface area contributed by atoms with Crippen molar-refractivity contribution in [2.45, 2.75) is 39.0 Å². The topological polar surface area (TPSA) is 48.1 Å². The van der Waals surface area contributed by atoms with E-state index in [4.69, 9.17) is 0 Å². The Morgan fingerprint density at radius 2 is 1.79 bits per heavy atom. The van der Waals surface area contributed by atoms with Gasteiger partial charge in [-0.15, -0.1) is 0 Å². The predicted molar refractivity (Wildman–Crippen MR) is 112 cm³/mol. The number of hydrogen-bond acceptors (Lipinski definition) is 2. The van der Waals surface area contributed by atoms with Crippen LogP contribution in [-0.4, -0.2) is 24.0 Å². The summed E-state index contributed by atoms with van der Waals surface area (Å²) in [4.78, 5) is 18.2. The highest BCUT2D eigenvalue weighted by atomic mass is 19.1. The van der Waals surface area contributed by atoms with Gasteiger partial charge in [-0.3, -0.25) is 4.79 Å². The van der Waals surface area contributed by atoms with Crippen LogP contribution in [0.25, 0.3) is 10.9 Å². The Kier molecular flexibility index (Phi) is 5.33. The molecule has 0 unspecified atom stereocenters. The molecule has 4 nitrogen and oxygen atoms in total. The lowest BCUT2D eigenvalue weighted by molar-refractivity contribution is -0.115. The van der Waals surface area contributed by atoms with Gasteiger partial charge in [-0.1, -0.05) is 12.8 Å². The molecule has 1 saturated heterocycles. The van der Waals surface area contributed by atoms with Crippen molar-refractivity contribution in [3.8, 4) is 0 Å². The number of aromatic amines is 1. The van der Waals surface area contributed by atoms with Gasteiger partial charge < -0.3 is 15.2 Å². The van der Waals surface area contributed by atoms with Crippen molar-refractivity contribution >= 4 is 28.2 Å². The number of fused-ring (bicyclic) bond motifs is 1. The van der Waals surface area contributed by atoms with Crippen LogP contribution in [0.5, 0.6) is 0 Å². The highest BCUT2D eigenvalue weighted by molar-refractivity contribution is 5.96. The molecule has 0 spiro atoms. The number of carbonyl (C=O) groups excluding carboxylic acids is 1. The molecular formula is C23H26FN3O. The van der Waals surface area contributed by atoms with E-state index in [-0.39, 0.29) is 18.1 Å². The molecule has 0 radical (unpaired) electrons. The van der Waals surface area contributed by atoms with E-state index < -0.39 is 0 Å². The third-order valence-electron chi connectivity index (χ3n) is 5.54. The number of nitrogens with zero attached hydrogens (tertiary/aromatic N) is 1. The first-order valence-electron chi connectivity index (χ1n) is 10.0. The zero-order valence-electron chi connectivity index (χ0n) is 16.2. The molecule has 5 heteroatoms. The molecule has 1 aromatic heterocycles. The standard InChI is InChI=1S/C23H26FN3O/c1-16-20(21-14-17(24)6-11-22(21)25-16)15-23(28)26-18-7-9-19(10-8-18)27-12-4-2-3-5-13-27/h6-11,14,25H,2-5,12-13,15H2,1H3,(H,26,28). The molecule has 2 heterocycles. The second kappa shape index (κ2) is 8.05. The molecule has 146 valence electrons. The lowest BCUT2D eigenvalue weighted by Crippen LogP contribution is -2.23. The number of aromatic nitrogens is 1. The Balaban J connectivity index is 1.44. The molecule has 1 aliphatic rings. The fourth-order valence-corrected chi connectivity index (χ4v) is 4.03. The van der Waals surface area contributed by atoms with Crippen molar-refractivity contribution in [1.82, 2.24) is 4.98 Å². The molecule has 4 rings (SSSR count). The Morgan fingerprint density at radius 1 is 1.07 bits per heavy atom. The maximum atomic E-state index is 13.6. The summed E-state index contributed by atoms with van der Waals surface area (Å²) in [5.74, 6) is -0.395. The van der Waals surface area contributed by atoms with E-state index in [0.717, 1.165) is 40.9 Å². The number of amides is 1. The normalized spacial score (nSPS) is 14.9. The van der Waals surface area contributed by atoms with E-state index in [0.29, 0.717) is 0 Å². The summed E-state index contributed by atoms with van der Waals surface area (Å²) in [6, 6.07) is 12.7. The van der Waals surface area contributed by atoms with Gasteiger partial charge in [-0.2, -0.15) is 0 Å². The maximum absolute atomic E-state index is 13.6. The highest BCUT2D eigenvalue weighted by Gasteiger charge is 2.14. The van der Waals surface area contributed by atoms with Gasteiger partial charge in [0.25, 0.3) is 0 Å². The number of halogens is 1. The largest absolute Gasteiger partial charge is 0.372 e. The van der Waals surface area contributed by atoms with Crippen LogP contribution in [0.3, 0.4) is 0 Å². The van der Waals surface area contributed by atoms with Crippen molar-refractivity contribution in [3.05, 3.63) is 59.5 Å². The van der Waals surface area contributed by atoms with Crippen molar-refractivity contribution in [2.75, 3.05) is 23.3 Å². The summed E-state index contributed by atoms with van der Waals surface area (Å²) in [6.45, 7) is 4.11.